The first-order valence-corrected chi connectivity index (χ1v) is 6.47. The van der Waals surface area contributed by atoms with Crippen LogP contribution >= 0.6 is 39.3 Å². The van der Waals surface area contributed by atoms with Gasteiger partial charge in [-0.3, -0.25) is 0 Å². The highest BCUT2D eigenvalue weighted by molar-refractivity contribution is 9.10. The molecule has 0 heterocycles. The van der Waals surface area contributed by atoms with Gasteiger partial charge in [0, 0.05) is 15.2 Å². The average Bonchev–Trinajstić information content (AvgIpc) is 2.19. The standard InChI is InChI=1S/C10H9BrClNS/c11-9-3-2-8(7-13)10(6-9)14-5-1-4-12/h2-3,6H,1,4-5H2. The highest BCUT2D eigenvalue weighted by Crippen LogP contribution is 2.26. The summed E-state index contributed by atoms with van der Waals surface area (Å²) in [5.41, 5.74) is 0.729. The van der Waals surface area contributed by atoms with E-state index in [1.165, 1.54) is 0 Å². The fourth-order valence-corrected chi connectivity index (χ4v) is 2.74. The summed E-state index contributed by atoms with van der Waals surface area (Å²) < 4.78 is 1.00. The third kappa shape index (κ3) is 3.53. The van der Waals surface area contributed by atoms with Crippen LogP contribution in [0.2, 0.25) is 0 Å². The number of alkyl halides is 1. The van der Waals surface area contributed by atoms with Gasteiger partial charge in [-0.25, -0.2) is 0 Å². The molecule has 14 heavy (non-hydrogen) atoms. The molecule has 0 spiro atoms. The number of nitriles is 1. The van der Waals surface area contributed by atoms with Crippen LogP contribution in [0.5, 0.6) is 0 Å². The van der Waals surface area contributed by atoms with Crippen molar-refractivity contribution in [3.8, 4) is 6.07 Å². The number of hydrogen-bond donors (Lipinski definition) is 0. The molecule has 4 heteroatoms. The van der Waals surface area contributed by atoms with Crippen molar-refractivity contribution in [1.29, 1.82) is 5.26 Å². The molecule has 0 saturated carbocycles. The predicted molar refractivity (Wildman–Crippen MR) is 64.9 cm³/mol. The fourth-order valence-electron chi connectivity index (χ4n) is 0.945. The van der Waals surface area contributed by atoms with Crippen LogP contribution in [-0.4, -0.2) is 11.6 Å². The lowest BCUT2D eigenvalue weighted by Crippen LogP contribution is -1.85. The second-order valence-electron chi connectivity index (χ2n) is 2.64. The minimum absolute atomic E-state index is 0.670. The molecule has 0 saturated heterocycles. The van der Waals surface area contributed by atoms with Crippen LogP contribution < -0.4 is 0 Å². The van der Waals surface area contributed by atoms with Gasteiger partial charge >= 0.3 is 0 Å². The van der Waals surface area contributed by atoms with Crippen LogP contribution in [0.4, 0.5) is 0 Å². The van der Waals surface area contributed by atoms with Crippen molar-refractivity contribution in [2.45, 2.75) is 11.3 Å². The van der Waals surface area contributed by atoms with Crippen LogP contribution in [0.3, 0.4) is 0 Å². The van der Waals surface area contributed by atoms with Gasteiger partial charge in [0.1, 0.15) is 6.07 Å². The zero-order valence-electron chi connectivity index (χ0n) is 7.46. The van der Waals surface area contributed by atoms with Crippen LogP contribution in [-0.2, 0) is 0 Å². The Bertz CT molecular complexity index is 348. The molecule has 1 nitrogen and oxygen atoms in total. The number of benzene rings is 1. The van der Waals surface area contributed by atoms with Gasteiger partial charge in [-0.05, 0) is 30.4 Å². The molecule has 74 valence electrons. The van der Waals surface area contributed by atoms with E-state index in [2.05, 4.69) is 22.0 Å². The summed E-state index contributed by atoms with van der Waals surface area (Å²) in [6.07, 6.45) is 0.962. The van der Waals surface area contributed by atoms with Gasteiger partial charge in [-0.15, -0.1) is 23.4 Å². The van der Waals surface area contributed by atoms with Crippen molar-refractivity contribution in [1.82, 2.24) is 0 Å². The summed E-state index contributed by atoms with van der Waals surface area (Å²) in [6.45, 7) is 0. The molecule has 0 bridgehead atoms. The molecule has 0 radical (unpaired) electrons. The molecule has 1 rings (SSSR count). The highest BCUT2D eigenvalue weighted by atomic mass is 79.9. The molecule has 1 aromatic rings. The number of thioether (sulfide) groups is 1. The Morgan fingerprint density at radius 3 is 2.93 bits per heavy atom. The van der Waals surface area contributed by atoms with E-state index < -0.39 is 0 Å². The van der Waals surface area contributed by atoms with E-state index in [4.69, 9.17) is 16.9 Å². The molecular weight excluding hydrogens is 282 g/mol. The lowest BCUT2D eigenvalue weighted by atomic mass is 10.2. The second kappa shape index (κ2) is 6.34. The summed E-state index contributed by atoms with van der Waals surface area (Å²) in [5, 5.41) is 8.86. The van der Waals surface area contributed by atoms with Crippen molar-refractivity contribution >= 4 is 39.3 Å². The smallest absolute Gasteiger partial charge is 0.100 e. The molecule has 0 aliphatic heterocycles. The largest absolute Gasteiger partial charge is 0.192 e. The quantitative estimate of drug-likeness (QED) is 0.475. The van der Waals surface area contributed by atoms with E-state index in [-0.39, 0.29) is 0 Å². The number of halogens is 2. The van der Waals surface area contributed by atoms with Gasteiger partial charge < -0.3 is 0 Å². The summed E-state index contributed by atoms with van der Waals surface area (Å²) in [4.78, 5) is 1.02. The van der Waals surface area contributed by atoms with E-state index in [0.717, 1.165) is 27.1 Å². The molecule has 0 aliphatic rings. The molecule has 0 fully saturated rings. The number of nitrogens with zero attached hydrogens (tertiary/aromatic N) is 1. The van der Waals surface area contributed by atoms with Gasteiger partial charge in [-0.2, -0.15) is 5.26 Å². The SMILES string of the molecule is N#Cc1ccc(Br)cc1SCCCCl. The lowest BCUT2D eigenvalue weighted by molar-refractivity contribution is 1.11. The Kier molecular flexibility index (Phi) is 5.39. The molecule has 0 aliphatic carbocycles. The Morgan fingerprint density at radius 1 is 1.50 bits per heavy atom. The first-order chi connectivity index (χ1) is 6.77. The van der Waals surface area contributed by atoms with Crippen LogP contribution in [0.15, 0.2) is 27.6 Å². The molecule has 0 amide bonds. The van der Waals surface area contributed by atoms with Crippen molar-refractivity contribution in [2.24, 2.45) is 0 Å². The van der Waals surface area contributed by atoms with Crippen LogP contribution in [0.25, 0.3) is 0 Å². The highest BCUT2D eigenvalue weighted by Gasteiger charge is 2.02. The Balaban J connectivity index is 2.73. The number of rotatable bonds is 4. The van der Waals surface area contributed by atoms with E-state index in [0.29, 0.717) is 5.88 Å². The Morgan fingerprint density at radius 2 is 2.29 bits per heavy atom. The minimum Gasteiger partial charge on any atom is -0.192 e. The van der Waals surface area contributed by atoms with Gasteiger partial charge in [0.25, 0.3) is 0 Å². The lowest BCUT2D eigenvalue weighted by Gasteiger charge is -2.03. The molecule has 1 aromatic carbocycles. The van der Waals surface area contributed by atoms with Crippen molar-refractivity contribution in [3.63, 3.8) is 0 Å². The van der Waals surface area contributed by atoms with Gasteiger partial charge in [-0.1, -0.05) is 15.9 Å². The Hall–Kier alpha value is -0.170. The van der Waals surface area contributed by atoms with E-state index in [1.807, 2.05) is 18.2 Å². The molecule has 0 N–H and O–H groups in total. The average molecular weight is 291 g/mol. The summed E-state index contributed by atoms with van der Waals surface area (Å²) in [6, 6.07) is 7.85. The maximum Gasteiger partial charge on any atom is 0.100 e. The zero-order valence-corrected chi connectivity index (χ0v) is 10.6. The normalized spacial score (nSPS) is 9.79. The third-order valence-electron chi connectivity index (χ3n) is 1.60. The summed E-state index contributed by atoms with van der Waals surface area (Å²) >= 11 is 10.6. The molecule has 0 unspecified atom stereocenters. The van der Waals surface area contributed by atoms with Gasteiger partial charge in [0.15, 0.2) is 0 Å². The monoisotopic (exact) mass is 289 g/mol. The summed E-state index contributed by atoms with van der Waals surface area (Å²) in [5.74, 6) is 1.62. The maximum atomic E-state index is 8.86. The van der Waals surface area contributed by atoms with Gasteiger partial charge in [0.05, 0.1) is 5.56 Å². The first kappa shape index (κ1) is 11.9. The van der Waals surface area contributed by atoms with Crippen molar-refractivity contribution in [3.05, 3.63) is 28.2 Å². The van der Waals surface area contributed by atoms with Crippen LogP contribution in [0.1, 0.15) is 12.0 Å². The fraction of sp³-hybridized carbons (Fsp3) is 0.300. The van der Waals surface area contributed by atoms with E-state index >= 15 is 0 Å². The molecule has 0 aromatic heterocycles. The minimum atomic E-state index is 0.670. The van der Waals surface area contributed by atoms with E-state index in [1.54, 1.807) is 11.8 Å². The van der Waals surface area contributed by atoms with Crippen molar-refractivity contribution in [2.75, 3.05) is 11.6 Å². The predicted octanol–water partition coefficient (Wildman–Crippen LogP) is 4.04. The Labute approximate surface area is 102 Å². The zero-order chi connectivity index (χ0) is 10.4. The van der Waals surface area contributed by atoms with E-state index in [9.17, 15) is 0 Å². The third-order valence-corrected chi connectivity index (χ3v) is 3.50. The van der Waals surface area contributed by atoms with Gasteiger partial charge in [0.2, 0.25) is 0 Å². The molecular formula is C10H9BrClNS. The molecule has 0 atom stereocenters. The van der Waals surface area contributed by atoms with Crippen molar-refractivity contribution < 1.29 is 0 Å². The maximum absolute atomic E-state index is 8.86. The topological polar surface area (TPSA) is 23.8 Å². The first-order valence-electron chi connectivity index (χ1n) is 4.16. The number of hydrogen-bond acceptors (Lipinski definition) is 2. The second-order valence-corrected chi connectivity index (χ2v) is 5.07. The summed E-state index contributed by atoms with van der Waals surface area (Å²) in [7, 11) is 0. The van der Waals surface area contributed by atoms with Crippen LogP contribution in [0, 0.1) is 11.3 Å².